The van der Waals surface area contributed by atoms with Gasteiger partial charge in [0.1, 0.15) is 11.6 Å². The smallest absolute Gasteiger partial charge is 0.143 e. The molecule has 0 aliphatic heterocycles. The van der Waals surface area contributed by atoms with Crippen molar-refractivity contribution in [2.75, 3.05) is 12.4 Å². The summed E-state index contributed by atoms with van der Waals surface area (Å²) in [5.41, 5.74) is 3.56. The molecule has 20 heavy (non-hydrogen) atoms. The first-order chi connectivity index (χ1) is 9.51. The van der Waals surface area contributed by atoms with Crippen molar-refractivity contribution in [3.05, 3.63) is 57.3 Å². The normalized spacial score (nSPS) is 10.4. The molecule has 4 heteroatoms. The predicted molar refractivity (Wildman–Crippen MR) is 83.9 cm³/mol. The molecule has 0 aliphatic rings. The minimum atomic E-state index is -0.177. The molecule has 1 N–H and O–H groups in total. The van der Waals surface area contributed by atoms with E-state index >= 15 is 0 Å². The van der Waals surface area contributed by atoms with Crippen LogP contribution in [0.5, 0.6) is 5.75 Å². The standard InChI is InChI=1S/C16H17BrFNO/c1-10-4-5-12(7-14(10)18)9-19-16-11(2)6-13(17)8-15(16)20-3/h4-8,19H,9H2,1-3H3. The molecule has 0 aromatic heterocycles. The molecular weight excluding hydrogens is 321 g/mol. The molecule has 0 spiro atoms. The van der Waals surface area contributed by atoms with E-state index in [4.69, 9.17) is 4.74 Å². The number of hydrogen-bond acceptors (Lipinski definition) is 2. The minimum Gasteiger partial charge on any atom is -0.495 e. The molecular formula is C16H17BrFNO. The number of nitrogens with one attached hydrogen (secondary N) is 1. The third-order valence-electron chi connectivity index (χ3n) is 3.19. The van der Waals surface area contributed by atoms with Crippen LogP contribution in [0.1, 0.15) is 16.7 Å². The van der Waals surface area contributed by atoms with Crippen LogP contribution in [0, 0.1) is 19.7 Å². The zero-order chi connectivity index (χ0) is 14.7. The lowest BCUT2D eigenvalue weighted by atomic mass is 10.1. The number of halogens is 2. The van der Waals surface area contributed by atoms with Crippen molar-refractivity contribution in [3.63, 3.8) is 0 Å². The number of methoxy groups -OCH3 is 1. The van der Waals surface area contributed by atoms with E-state index in [0.717, 1.165) is 27.0 Å². The second-order valence-electron chi connectivity index (χ2n) is 4.74. The van der Waals surface area contributed by atoms with E-state index in [0.29, 0.717) is 12.1 Å². The minimum absolute atomic E-state index is 0.177. The van der Waals surface area contributed by atoms with E-state index in [1.165, 1.54) is 0 Å². The molecule has 0 unspecified atom stereocenters. The Balaban J connectivity index is 2.20. The number of ether oxygens (including phenoxy) is 1. The van der Waals surface area contributed by atoms with Crippen molar-refractivity contribution in [3.8, 4) is 5.75 Å². The van der Waals surface area contributed by atoms with Gasteiger partial charge in [0.15, 0.2) is 0 Å². The first kappa shape index (κ1) is 14.9. The molecule has 0 fully saturated rings. The Morgan fingerprint density at radius 2 is 1.90 bits per heavy atom. The summed E-state index contributed by atoms with van der Waals surface area (Å²) in [7, 11) is 1.64. The van der Waals surface area contributed by atoms with Gasteiger partial charge in [0.05, 0.1) is 12.8 Å². The molecule has 0 saturated heterocycles. The molecule has 0 saturated carbocycles. The SMILES string of the molecule is COc1cc(Br)cc(C)c1NCc1ccc(C)c(F)c1. The largest absolute Gasteiger partial charge is 0.495 e. The number of anilines is 1. The molecule has 2 rings (SSSR count). The van der Waals surface area contributed by atoms with Crippen molar-refractivity contribution in [1.82, 2.24) is 0 Å². The highest BCUT2D eigenvalue weighted by Crippen LogP contribution is 2.32. The van der Waals surface area contributed by atoms with Gasteiger partial charge < -0.3 is 10.1 Å². The van der Waals surface area contributed by atoms with Crippen LogP contribution >= 0.6 is 15.9 Å². The van der Waals surface area contributed by atoms with Gasteiger partial charge in [0.25, 0.3) is 0 Å². The number of benzene rings is 2. The average molecular weight is 338 g/mol. The molecule has 0 amide bonds. The fourth-order valence-electron chi connectivity index (χ4n) is 2.04. The second-order valence-corrected chi connectivity index (χ2v) is 5.65. The van der Waals surface area contributed by atoms with E-state index in [1.807, 2.05) is 25.1 Å². The van der Waals surface area contributed by atoms with Gasteiger partial charge in [-0.15, -0.1) is 0 Å². The lowest BCUT2D eigenvalue weighted by molar-refractivity contribution is 0.416. The van der Waals surface area contributed by atoms with Crippen LogP contribution in [-0.4, -0.2) is 7.11 Å². The monoisotopic (exact) mass is 337 g/mol. The average Bonchev–Trinajstić information content (AvgIpc) is 2.40. The lowest BCUT2D eigenvalue weighted by Gasteiger charge is -2.15. The van der Waals surface area contributed by atoms with E-state index < -0.39 is 0 Å². The zero-order valence-electron chi connectivity index (χ0n) is 11.8. The van der Waals surface area contributed by atoms with Gasteiger partial charge in [0.2, 0.25) is 0 Å². The van der Waals surface area contributed by atoms with E-state index in [-0.39, 0.29) is 5.82 Å². The summed E-state index contributed by atoms with van der Waals surface area (Å²) >= 11 is 3.44. The fourth-order valence-corrected chi connectivity index (χ4v) is 2.59. The molecule has 0 heterocycles. The third-order valence-corrected chi connectivity index (χ3v) is 3.65. The summed E-state index contributed by atoms with van der Waals surface area (Å²) < 4.78 is 19.9. The zero-order valence-corrected chi connectivity index (χ0v) is 13.3. The first-order valence-electron chi connectivity index (χ1n) is 6.34. The summed E-state index contributed by atoms with van der Waals surface area (Å²) in [5.74, 6) is 0.591. The van der Waals surface area contributed by atoms with Crippen molar-refractivity contribution >= 4 is 21.6 Å². The van der Waals surface area contributed by atoms with Crippen LogP contribution in [0.2, 0.25) is 0 Å². The Morgan fingerprint density at radius 3 is 2.55 bits per heavy atom. The van der Waals surface area contributed by atoms with E-state index in [1.54, 1.807) is 26.2 Å². The van der Waals surface area contributed by atoms with Crippen LogP contribution in [-0.2, 0) is 6.54 Å². The van der Waals surface area contributed by atoms with Crippen molar-refractivity contribution < 1.29 is 9.13 Å². The Hall–Kier alpha value is -1.55. The van der Waals surface area contributed by atoms with Gasteiger partial charge in [-0.25, -0.2) is 4.39 Å². The predicted octanol–water partition coefficient (Wildman–Crippen LogP) is 4.83. The molecule has 2 nitrogen and oxygen atoms in total. The van der Waals surface area contributed by atoms with Gasteiger partial charge in [-0.3, -0.25) is 0 Å². The third kappa shape index (κ3) is 3.31. The Labute approximate surface area is 127 Å². The summed E-state index contributed by atoms with van der Waals surface area (Å²) in [5, 5.41) is 3.31. The maximum absolute atomic E-state index is 13.5. The molecule has 0 radical (unpaired) electrons. The van der Waals surface area contributed by atoms with Gasteiger partial charge in [-0.05, 0) is 48.7 Å². The highest BCUT2D eigenvalue weighted by Gasteiger charge is 2.08. The van der Waals surface area contributed by atoms with Crippen molar-refractivity contribution in [1.29, 1.82) is 0 Å². The van der Waals surface area contributed by atoms with Gasteiger partial charge in [-0.1, -0.05) is 28.1 Å². The summed E-state index contributed by atoms with van der Waals surface area (Å²) in [6.45, 7) is 4.32. The molecule has 2 aromatic rings. The molecule has 0 aliphatic carbocycles. The Kier molecular flexibility index (Phi) is 4.65. The van der Waals surface area contributed by atoms with Crippen molar-refractivity contribution in [2.24, 2.45) is 0 Å². The summed E-state index contributed by atoms with van der Waals surface area (Å²) in [4.78, 5) is 0. The Bertz CT molecular complexity index is 628. The van der Waals surface area contributed by atoms with Crippen molar-refractivity contribution in [2.45, 2.75) is 20.4 Å². The highest BCUT2D eigenvalue weighted by atomic mass is 79.9. The number of rotatable bonds is 4. The van der Waals surface area contributed by atoms with Crippen LogP contribution in [0.4, 0.5) is 10.1 Å². The van der Waals surface area contributed by atoms with Crippen LogP contribution in [0.3, 0.4) is 0 Å². The fraction of sp³-hybridized carbons (Fsp3) is 0.250. The van der Waals surface area contributed by atoms with Crippen LogP contribution in [0.25, 0.3) is 0 Å². The number of aryl methyl sites for hydroxylation is 2. The number of hydrogen-bond donors (Lipinski definition) is 1. The Morgan fingerprint density at radius 1 is 1.15 bits per heavy atom. The highest BCUT2D eigenvalue weighted by molar-refractivity contribution is 9.10. The topological polar surface area (TPSA) is 21.3 Å². The molecule has 0 atom stereocenters. The van der Waals surface area contributed by atoms with Crippen LogP contribution < -0.4 is 10.1 Å². The first-order valence-corrected chi connectivity index (χ1v) is 7.13. The quantitative estimate of drug-likeness (QED) is 0.862. The lowest BCUT2D eigenvalue weighted by Crippen LogP contribution is -2.04. The van der Waals surface area contributed by atoms with E-state index in [9.17, 15) is 4.39 Å². The summed E-state index contributed by atoms with van der Waals surface area (Å²) in [6, 6.07) is 9.19. The molecule has 106 valence electrons. The summed E-state index contributed by atoms with van der Waals surface area (Å²) in [6.07, 6.45) is 0. The van der Waals surface area contributed by atoms with Gasteiger partial charge in [0, 0.05) is 11.0 Å². The van der Waals surface area contributed by atoms with E-state index in [2.05, 4.69) is 21.2 Å². The van der Waals surface area contributed by atoms with Gasteiger partial charge >= 0.3 is 0 Å². The maximum atomic E-state index is 13.5. The maximum Gasteiger partial charge on any atom is 0.143 e. The molecule has 2 aromatic carbocycles. The van der Waals surface area contributed by atoms with Crippen LogP contribution in [0.15, 0.2) is 34.8 Å². The van der Waals surface area contributed by atoms with Gasteiger partial charge in [-0.2, -0.15) is 0 Å². The molecule has 0 bridgehead atoms. The second kappa shape index (κ2) is 6.27.